The third-order valence-electron chi connectivity index (χ3n) is 4.16. The Bertz CT molecular complexity index is 181. The molecule has 0 amide bonds. The van der Waals surface area contributed by atoms with Gasteiger partial charge in [0.05, 0.1) is 0 Å². The van der Waals surface area contributed by atoms with Crippen molar-refractivity contribution in [3.8, 4) is 0 Å². The fourth-order valence-corrected chi connectivity index (χ4v) is 4.68. The van der Waals surface area contributed by atoms with E-state index in [0.29, 0.717) is 4.75 Å². The minimum absolute atomic E-state index is 0.531. The van der Waals surface area contributed by atoms with Crippen molar-refractivity contribution in [1.82, 2.24) is 0 Å². The molecule has 0 radical (unpaired) electrons. The normalized spacial score (nSPS) is 31.2. The smallest absolute Gasteiger partial charge is 0.0167 e. The van der Waals surface area contributed by atoms with Crippen molar-refractivity contribution in [1.29, 1.82) is 0 Å². The van der Waals surface area contributed by atoms with Gasteiger partial charge in [0.25, 0.3) is 0 Å². The maximum atomic E-state index is 2.50. The molecule has 1 aliphatic rings. The molecule has 1 fully saturated rings. The van der Waals surface area contributed by atoms with Crippen molar-refractivity contribution in [3.63, 3.8) is 0 Å². The average Bonchev–Trinajstić information content (AvgIpc) is 2.26. The monoisotopic (exact) mass is 246 g/mol. The van der Waals surface area contributed by atoms with Gasteiger partial charge in [0, 0.05) is 4.75 Å². The van der Waals surface area contributed by atoms with Gasteiger partial charge in [-0.05, 0) is 42.9 Å². The lowest BCUT2D eigenvalue weighted by Gasteiger charge is -2.42. The first-order valence-electron chi connectivity index (χ1n) is 6.18. The molecular formula is C13H26S2. The van der Waals surface area contributed by atoms with E-state index in [9.17, 15) is 0 Å². The van der Waals surface area contributed by atoms with Crippen LogP contribution < -0.4 is 0 Å². The largest absolute Gasteiger partial charge is 0.165 e. The highest BCUT2D eigenvalue weighted by Gasteiger charge is 2.37. The van der Waals surface area contributed by atoms with Crippen LogP contribution in [0.1, 0.15) is 46.0 Å². The lowest BCUT2D eigenvalue weighted by atomic mass is 9.72. The first-order chi connectivity index (χ1) is 7.14. The number of thioether (sulfide) groups is 2. The van der Waals surface area contributed by atoms with Gasteiger partial charge in [0.2, 0.25) is 0 Å². The maximum absolute atomic E-state index is 2.50. The fraction of sp³-hybridized carbons (Fsp3) is 1.00. The summed E-state index contributed by atoms with van der Waals surface area (Å²) in [5.74, 6) is 3.21. The summed E-state index contributed by atoms with van der Waals surface area (Å²) in [6.07, 6.45) is 11.8. The third-order valence-corrected chi connectivity index (χ3v) is 6.22. The van der Waals surface area contributed by atoms with E-state index in [4.69, 9.17) is 0 Å². The quantitative estimate of drug-likeness (QED) is 0.690. The van der Waals surface area contributed by atoms with Gasteiger partial charge in [-0.3, -0.25) is 0 Å². The Kier molecular flexibility index (Phi) is 5.91. The average molecular weight is 246 g/mol. The van der Waals surface area contributed by atoms with Crippen LogP contribution in [0.4, 0.5) is 0 Å². The lowest BCUT2D eigenvalue weighted by molar-refractivity contribution is 0.204. The van der Waals surface area contributed by atoms with Crippen molar-refractivity contribution in [2.24, 2.45) is 11.8 Å². The molecule has 0 N–H and O–H groups in total. The Balaban J connectivity index is 2.61. The molecule has 0 spiro atoms. The van der Waals surface area contributed by atoms with Crippen LogP contribution in [0.3, 0.4) is 0 Å². The van der Waals surface area contributed by atoms with Gasteiger partial charge in [0.15, 0.2) is 0 Å². The van der Waals surface area contributed by atoms with E-state index < -0.39 is 0 Å². The van der Waals surface area contributed by atoms with Crippen molar-refractivity contribution >= 4 is 23.5 Å². The van der Waals surface area contributed by atoms with E-state index >= 15 is 0 Å². The molecule has 0 nitrogen and oxygen atoms in total. The minimum atomic E-state index is 0.531. The summed E-state index contributed by atoms with van der Waals surface area (Å²) in [6, 6.07) is 0. The molecule has 1 saturated carbocycles. The Hall–Kier alpha value is 0.700. The molecule has 0 bridgehead atoms. The predicted octanol–water partition coefficient (Wildman–Crippen LogP) is 4.69. The van der Waals surface area contributed by atoms with Crippen molar-refractivity contribution in [2.45, 2.75) is 50.7 Å². The molecule has 90 valence electrons. The van der Waals surface area contributed by atoms with E-state index in [1.807, 2.05) is 11.8 Å². The first-order valence-corrected chi connectivity index (χ1v) is 8.80. The van der Waals surface area contributed by atoms with Crippen LogP contribution in [-0.2, 0) is 0 Å². The van der Waals surface area contributed by atoms with Gasteiger partial charge in [0.1, 0.15) is 0 Å². The van der Waals surface area contributed by atoms with Gasteiger partial charge in [-0.15, -0.1) is 0 Å². The Labute approximate surface area is 104 Å². The van der Waals surface area contributed by atoms with E-state index in [2.05, 4.69) is 38.1 Å². The van der Waals surface area contributed by atoms with Gasteiger partial charge in [-0.2, -0.15) is 23.5 Å². The minimum Gasteiger partial charge on any atom is -0.165 e. The molecule has 3 unspecified atom stereocenters. The summed E-state index contributed by atoms with van der Waals surface area (Å²) in [6.45, 7) is 4.97. The van der Waals surface area contributed by atoms with E-state index in [1.54, 1.807) is 0 Å². The van der Waals surface area contributed by atoms with Crippen LogP contribution >= 0.6 is 23.5 Å². The molecule has 2 heteroatoms. The van der Waals surface area contributed by atoms with E-state index in [0.717, 1.165) is 11.8 Å². The fourth-order valence-electron chi connectivity index (χ4n) is 2.97. The Morgan fingerprint density at radius 2 is 1.87 bits per heavy atom. The van der Waals surface area contributed by atoms with Crippen LogP contribution in [0, 0.1) is 11.8 Å². The molecule has 0 aromatic carbocycles. The topological polar surface area (TPSA) is 0 Å². The van der Waals surface area contributed by atoms with Gasteiger partial charge in [-0.25, -0.2) is 0 Å². The second-order valence-electron chi connectivity index (χ2n) is 5.13. The molecule has 3 atom stereocenters. The number of rotatable bonds is 5. The number of hydrogen-bond donors (Lipinski definition) is 0. The van der Waals surface area contributed by atoms with Crippen molar-refractivity contribution in [2.75, 3.05) is 18.3 Å². The summed E-state index contributed by atoms with van der Waals surface area (Å²) in [7, 11) is 0. The maximum Gasteiger partial charge on any atom is 0.0167 e. The number of hydrogen-bond acceptors (Lipinski definition) is 2. The molecule has 0 saturated heterocycles. The molecule has 0 aromatic rings. The van der Waals surface area contributed by atoms with E-state index in [-0.39, 0.29) is 0 Å². The molecule has 1 rings (SSSR count). The highest BCUT2D eigenvalue weighted by Crippen LogP contribution is 2.45. The van der Waals surface area contributed by atoms with Crippen LogP contribution in [0.2, 0.25) is 0 Å². The van der Waals surface area contributed by atoms with Gasteiger partial charge < -0.3 is 0 Å². The van der Waals surface area contributed by atoms with Crippen molar-refractivity contribution < 1.29 is 0 Å². The lowest BCUT2D eigenvalue weighted by Crippen LogP contribution is -2.37. The predicted molar refractivity (Wildman–Crippen MR) is 76.0 cm³/mol. The molecule has 0 aromatic heterocycles. The van der Waals surface area contributed by atoms with Crippen molar-refractivity contribution in [3.05, 3.63) is 0 Å². The summed E-state index contributed by atoms with van der Waals surface area (Å²) < 4.78 is 0.531. The standard InChI is InChI=1S/C13H26S2/c1-11-7-5-6-8-12(11)13(2,15-4)9-10-14-3/h11-12H,5-10H2,1-4H3. The first kappa shape index (κ1) is 13.8. The van der Waals surface area contributed by atoms with Gasteiger partial charge >= 0.3 is 0 Å². The SMILES string of the molecule is CSCCC(C)(SC)C1CCCCC1C. The Morgan fingerprint density at radius 1 is 1.20 bits per heavy atom. The highest BCUT2D eigenvalue weighted by molar-refractivity contribution is 8.00. The molecular weight excluding hydrogens is 220 g/mol. The van der Waals surface area contributed by atoms with Crippen LogP contribution in [0.15, 0.2) is 0 Å². The molecule has 0 aliphatic heterocycles. The second kappa shape index (κ2) is 6.44. The summed E-state index contributed by atoms with van der Waals surface area (Å²) in [5, 5.41) is 0. The van der Waals surface area contributed by atoms with Gasteiger partial charge in [-0.1, -0.05) is 33.1 Å². The van der Waals surface area contributed by atoms with E-state index in [1.165, 1.54) is 37.9 Å². The van der Waals surface area contributed by atoms with Crippen LogP contribution in [0.25, 0.3) is 0 Å². The third kappa shape index (κ3) is 3.59. The van der Waals surface area contributed by atoms with Crippen LogP contribution in [0.5, 0.6) is 0 Å². The zero-order valence-electron chi connectivity index (χ0n) is 10.7. The molecule has 1 aliphatic carbocycles. The molecule has 0 heterocycles. The summed E-state index contributed by atoms with van der Waals surface area (Å²) in [5.41, 5.74) is 0. The summed E-state index contributed by atoms with van der Waals surface area (Å²) in [4.78, 5) is 0. The zero-order chi connectivity index (χ0) is 11.3. The highest BCUT2D eigenvalue weighted by atomic mass is 32.2. The summed E-state index contributed by atoms with van der Waals surface area (Å²) >= 11 is 4.10. The van der Waals surface area contributed by atoms with Crippen LogP contribution in [-0.4, -0.2) is 23.0 Å². The second-order valence-corrected chi connectivity index (χ2v) is 7.45. The molecule has 15 heavy (non-hydrogen) atoms. The Morgan fingerprint density at radius 3 is 2.40 bits per heavy atom. The zero-order valence-corrected chi connectivity index (χ0v) is 12.3.